The Morgan fingerprint density at radius 2 is 1.19 bits per heavy atom. The van der Waals surface area contributed by atoms with Gasteiger partial charge in [-0.25, -0.2) is 0 Å². The zero-order valence-corrected chi connectivity index (χ0v) is 21.3. The monoisotopic (exact) mass is 450 g/mol. The molecular formula is C24H50O7. The Hall–Kier alpha value is -0.280. The van der Waals surface area contributed by atoms with Crippen molar-refractivity contribution in [2.24, 2.45) is 0 Å². The maximum absolute atomic E-state index is 6.21. The van der Waals surface area contributed by atoms with Gasteiger partial charge in [-0.05, 0) is 54.4 Å². The summed E-state index contributed by atoms with van der Waals surface area (Å²) in [6.45, 7) is 20.5. The summed E-state index contributed by atoms with van der Waals surface area (Å²) in [5, 5.41) is 0. The molecule has 0 aromatic rings. The molecule has 0 aliphatic rings. The van der Waals surface area contributed by atoms with E-state index in [1.807, 2.05) is 27.7 Å². The van der Waals surface area contributed by atoms with Gasteiger partial charge in [-0.2, -0.15) is 0 Å². The fraction of sp³-hybridized carbons (Fsp3) is 1.00. The van der Waals surface area contributed by atoms with E-state index in [0.717, 1.165) is 19.3 Å². The molecule has 0 saturated carbocycles. The molecule has 0 aliphatic heterocycles. The maximum atomic E-state index is 6.21. The summed E-state index contributed by atoms with van der Waals surface area (Å²) in [6, 6.07) is 0. The van der Waals surface area contributed by atoms with Crippen molar-refractivity contribution in [3.63, 3.8) is 0 Å². The molecule has 0 radical (unpaired) electrons. The van der Waals surface area contributed by atoms with Gasteiger partial charge in [-0.15, -0.1) is 0 Å². The minimum Gasteiger partial charge on any atom is -0.379 e. The molecule has 188 valence electrons. The van der Waals surface area contributed by atoms with Gasteiger partial charge in [0.1, 0.15) is 0 Å². The Balaban J connectivity index is 4.51. The number of hydrogen-bond donors (Lipinski definition) is 0. The van der Waals surface area contributed by atoms with Gasteiger partial charge in [0.15, 0.2) is 0 Å². The number of ether oxygens (including phenoxy) is 7. The second-order valence-corrected chi connectivity index (χ2v) is 8.19. The van der Waals surface area contributed by atoms with Gasteiger partial charge in [0.2, 0.25) is 0 Å². The fourth-order valence-corrected chi connectivity index (χ4v) is 3.10. The third kappa shape index (κ3) is 18.9. The van der Waals surface area contributed by atoms with Crippen LogP contribution in [-0.2, 0) is 33.2 Å². The summed E-state index contributed by atoms with van der Waals surface area (Å²) in [7, 11) is 0. The van der Waals surface area contributed by atoms with Crippen molar-refractivity contribution in [3.8, 4) is 0 Å². The van der Waals surface area contributed by atoms with E-state index < -0.39 is 0 Å². The van der Waals surface area contributed by atoms with E-state index in [4.69, 9.17) is 33.2 Å². The molecule has 0 heterocycles. The Morgan fingerprint density at radius 1 is 0.645 bits per heavy atom. The molecule has 0 aliphatic carbocycles. The van der Waals surface area contributed by atoms with E-state index >= 15 is 0 Å². The highest BCUT2D eigenvalue weighted by Crippen LogP contribution is 2.26. The number of hydrogen-bond acceptors (Lipinski definition) is 7. The summed E-state index contributed by atoms with van der Waals surface area (Å²) >= 11 is 0. The SMILES string of the molecule is CCOCCOCCOC(C)(CC)CC(CC(C)OCCOC(C)C)OCCOCC. The van der Waals surface area contributed by atoms with E-state index in [-0.39, 0.29) is 23.9 Å². The van der Waals surface area contributed by atoms with Crippen LogP contribution in [0.3, 0.4) is 0 Å². The average Bonchev–Trinajstić information content (AvgIpc) is 2.73. The molecule has 3 unspecified atom stereocenters. The van der Waals surface area contributed by atoms with Gasteiger partial charge in [-0.3, -0.25) is 0 Å². The number of rotatable bonds is 23. The van der Waals surface area contributed by atoms with Crippen molar-refractivity contribution in [2.45, 2.75) is 91.6 Å². The van der Waals surface area contributed by atoms with E-state index in [1.165, 1.54) is 0 Å². The first-order chi connectivity index (χ1) is 14.9. The lowest BCUT2D eigenvalue weighted by Gasteiger charge is -2.33. The van der Waals surface area contributed by atoms with Gasteiger partial charge in [-0.1, -0.05) is 6.92 Å². The van der Waals surface area contributed by atoms with Crippen LogP contribution in [0.2, 0.25) is 0 Å². The standard InChI is InChI=1S/C24H50O7/c1-8-24(7,31-18-14-27-12-11-25-9-2)20-23(30-15-13-26-10-3)19-22(6)29-17-16-28-21(4)5/h21-23H,8-20H2,1-7H3. The summed E-state index contributed by atoms with van der Waals surface area (Å²) in [4.78, 5) is 0. The predicted molar refractivity (Wildman–Crippen MR) is 124 cm³/mol. The lowest BCUT2D eigenvalue weighted by Crippen LogP contribution is -2.37. The van der Waals surface area contributed by atoms with Crippen LogP contribution in [0.15, 0.2) is 0 Å². The summed E-state index contributed by atoms with van der Waals surface area (Å²) in [6.07, 6.45) is 2.83. The van der Waals surface area contributed by atoms with Crippen molar-refractivity contribution >= 4 is 0 Å². The first-order valence-corrected chi connectivity index (χ1v) is 12.1. The Bertz CT molecular complexity index is 381. The molecule has 0 aromatic carbocycles. The van der Waals surface area contributed by atoms with Crippen LogP contribution in [0.1, 0.15) is 67.7 Å². The highest BCUT2D eigenvalue weighted by Gasteiger charge is 2.29. The third-order valence-corrected chi connectivity index (χ3v) is 4.98. The van der Waals surface area contributed by atoms with Gasteiger partial charge in [0.05, 0.1) is 76.8 Å². The normalized spacial score (nSPS) is 15.9. The highest BCUT2D eigenvalue weighted by atomic mass is 16.6. The largest absolute Gasteiger partial charge is 0.379 e. The minimum absolute atomic E-state index is 0.0327. The third-order valence-electron chi connectivity index (χ3n) is 4.98. The van der Waals surface area contributed by atoms with Gasteiger partial charge >= 0.3 is 0 Å². The van der Waals surface area contributed by atoms with E-state index in [1.54, 1.807) is 0 Å². The average molecular weight is 451 g/mol. The maximum Gasteiger partial charge on any atom is 0.0707 e. The molecule has 0 spiro atoms. The first kappa shape index (κ1) is 30.7. The van der Waals surface area contributed by atoms with Crippen LogP contribution in [0.25, 0.3) is 0 Å². The van der Waals surface area contributed by atoms with Crippen LogP contribution >= 0.6 is 0 Å². The van der Waals surface area contributed by atoms with Crippen LogP contribution in [-0.4, -0.2) is 90.0 Å². The Labute approximate surface area is 191 Å². The summed E-state index contributed by atoms with van der Waals surface area (Å²) < 4.78 is 40.2. The van der Waals surface area contributed by atoms with Crippen LogP contribution in [0, 0.1) is 0 Å². The molecule has 0 fully saturated rings. The zero-order chi connectivity index (χ0) is 23.4. The molecule has 31 heavy (non-hydrogen) atoms. The molecule has 7 heteroatoms. The summed E-state index contributed by atoms with van der Waals surface area (Å²) in [5.74, 6) is 0. The molecular weight excluding hydrogens is 400 g/mol. The van der Waals surface area contributed by atoms with Crippen LogP contribution < -0.4 is 0 Å². The van der Waals surface area contributed by atoms with E-state index in [0.29, 0.717) is 66.1 Å². The lowest BCUT2D eigenvalue weighted by molar-refractivity contribution is -0.108. The van der Waals surface area contributed by atoms with Crippen molar-refractivity contribution in [1.82, 2.24) is 0 Å². The van der Waals surface area contributed by atoms with Gasteiger partial charge in [0, 0.05) is 19.6 Å². The van der Waals surface area contributed by atoms with Crippen LogP contribution in [0.5, 0.6) is 0 Å². The second kappa shape index (κ2) is 20.3. The topological polar surface area (TPSA) is 64.6 Å². The molecule has 3 atom stereocenters. The minimum atomic E-state index is -0.278. The summed E-state index contributed by atoms with van der Waals surface area (Å²) in [5.41, 5.74) is -0.278. The van der Waals surface area contributed by atoms with Crippen molar-refractivity contribution in [1.29, 1.82) is 0 Å². The molecule has 0 amide bonds. The molecule has 7 nitrogen and oxygen atoms in total. The van der Waals surface area contributed by atoms with Crippen molar-refractivity contribution < 1.29 is 33.2 Å². The fourth-order valence-electron chi connectivity index (χ4n) is 3.10. The molecule has 0 bridgehead atoms. The first-order valence-electron chi connectivity index (χ1n) is 12.1. The highest BCUT2D eigenvalue weighted by molar-refractivity contribution is 4.80. The molecule has 0 rings (SSSR count). The van der Waals surface area contributed by atoms with E-state index in [9.17, 15) is 0 Å². The Morgan fingerprint density at radius 3 is 1.81 bits per heavy atom. The van der Waals surface area contributed by atoms with E-state index in [2.05, 4.69) is 20.8 Å². The van der Waals surface area contributed by atoms with Crippen molar-refractivity contribution in [2.75, 3.05) is 66.1 Å². The Kier molecular flexibility index (Phi) is 20.2. The lowest BCUT2D eigenvalue weighted by atomic mass is 9.92. The predicted octanol–water partition coefficient (Wildman–Crippen LogP) is 4.26. The van der Waals surface area contributed by atoms with Crippen molar-refractivity contribution in [3.05, 3.63) is 0 Å². The smallest absolute Gasteiger partial charge is 0.0707 e. The zero-order valence-electron chi connectivity index (χ0n) is 21.3. The van der Waals surface area contributed by atoms with Gasteiger partial charge < -0.3 is 33.2 Å². The second-order valence-electron chi connectivity index (χ2n) is 8.19. The molecule has 0 aromatic heterocycles. The van der Waals surface area contributed by atoms with Crippen LogP contribution in [0.4, 0.5) is 0 Å². The van der Waals surface area contributed by atoms with Gasteiger partial charge in [0.25, 0.3) is 0 Å². The molecule has 0 N–H and O–H groups in total. The molecule has 0 saturated heterocycles. The quantitative estimate of drug-likeness (QED) is 0.216.